The van der Waals surface area contributed by atoms with E-state index in [0.29, 0.717) is 16.6 Å². The summed E-state index contributed by atoms with van der Waals surface area (Å²) in [6.07, 6.45) is 2.89. The van der Waals surface area contributed by atoms with Gasteiger partial charge in [-0.1, -0.05) is 59.6 Å². The van der Waals surface area contributed by atoms with Gasteiger partial charge in [-0.2, -0.15) is 0 Å². The normalized spacial score (nSPS) is 15.8. The number of piperidine rings is 1. The molecule has 3 rings (SSSR count). The lowest BCUT2D eigenvalue weighted by atomic mass is 9.95. The van der Waals surface area contributed by atoms with Crippen molar-refractivity contribution in [2.45, 2.75) is 25.8 Å². The number of carbonyl (C=O) groups is 1. The molecular weight excluding hydrogens is 367 g/mol. The maximum absolute atomic E-state index is 12.4. The fourth-order valence-corrected chi connectivity index (χ4v) is 3.82. The summed E-state index contributed by atoms with van der Waals surface area (Å²) in [6.45, 7) is 3.46. The van der Waals surface area contributed by atoms with Gasteiger partial charge < -0.3 is 10.2 Å². The van der Waals surface area contributed by atoms with E-state index in [1.807, 2.05) is 12.1 Å². The molecule has 0 spiro atoms. The Kier molecular flexibility index (Phi) is 6.95. The molecule has 26 heavy (non-hydrogen) atoms. The van der Waals surface area contributed by atoms with Gasteiger partial charge >= 0.3 is 0 Å². The summed E-state index contributed by atoms with van der Waals surface area (Å²) in [5.41, 5.74) is 2.26. The summed E-state index contributed by atoms with van der Waals surface area (Å²) >= 11 is 12.1. The van der Waals surface area contributed by atoms with Crippen molar-refractivity contribution in [1.82, 2.24) is 10.2 Å². The largest absolute Gasteiger partial charge is 0.352 e. The highest BCUT2D eigenvalue weighted by atomic mass is 35.5. The van der Waals surface area contributed by atoms with Crippen LogP contribution in [0, 0.1) is 5.92 Å². The Hall–Kier alpha value is -1.55. The SMILES string of the molecule is O=C(NCc1ccc(Cl)cc1Cl)C1CCN(CCc2ccccc2)CC1. The first kappa shape index (κ1) is 19.2. The Labute approximate surface area is 165 Å². The summed E-state index contributed by atoms with van der Waals surface area (Å²) in [6, 6.07) is 15.9. The molecule has 0 atom stereocenters. The van der Waals surface area contributed by atoms with E-state index in [2.05, 4.69) is 34.5 Å². The Balaban J connectivity index is 1.40. The van der Waals surface area contributed by atoms with Crippen LogP contribution in [-0.4, -0.2) is 30.4 Å². The molecule has 1 aliphatic heterocycles. The molecule has 0 bridgehead atoms. The molecule has 3 nitrogen and oxygen atoms in total. The zero-order chi connectivity index (χ0) is 18.4. The molecule has 1 amide bonds. The van der Waals surface area contributed by atoms with Crippen molar-refractivity contribution in [2.75, 3.05) is 19.6 Å². The van der Waals surface area contributed by atoms with E-state index in [-0.39, 0.29) is 11.8 Å². The highest BCUT2D eigenvalue weighted by Crippen LogP contribution is 2.22. The van der Waals surface area contributed by atoms with Gasteiger partial charge in [0.1, 0.15) is 0 Å². The molecule has 138 valence electrons. The number of amides is 1. The van der Waals surface area contributed by atoms with E-state index in [9.17, 15) is 4.79 Å². The summed E-state index contributed by atoms with van der Waals surface area (Å²) in [7, 11) is 0. The summed E-state index contributed by atoms with van der Waals surface area (Å²) in [5, 5.41) is 4.21. The van der Waals surface area contributed by atoms with Crippen LogP contribution < -0.4 is 5.32 Å². The van der Waals surface area contributed by atoms with Crippen LogP contribution >= 0.6 is 23.2 Å². The molecule has 0 unspecified atom stereocenters. The molecule has 1 saturated heterocycles. The molecule has 0 aromatic heterocycles. The van der Waals surface area contributed by atoms with Crippen molar-refractivity contribution in [2.24, 2.45) is 5.92 Å². The number of hydrogen-bond donors (Lipinski definition) is 1. The standard InChI is InChI=1S/C21H24Cl2N2O/c22-19-7-6-18(20(23)14-19)15-24-21(26)17-9-12-25(13-10-17)11-8-16-4-2-1-3-5-16/h1-7,14,17H,8-13,15H2,(H,24,26). The molecule has 5 heteroatoms. The Bertz CT molecular complexity index is 728. The van der Waals surface area contributed by atoms with Gasteiger partial charge in [-0.3, -0.25) is 4.79 Å². The van der Waals surface area contributed by atoms with E-state index >= 15 is 0 Å². The lowest BCUT2D eigenvalue weighted by Crippen LogP contribution is -2.41. The maximum atomic E-state index is 12.4. The number of carbonyl (C=O) groups excluding carboxylic acids is 1. The predicted molar refractivity (Wildman–Crippen MR) is 108 cm³/mol. The second-order valence-electron chi connectivity index (χ2n) is 6.81. The molecule has 2 aromatic carbocycles. The van der Waals surface area contributed by atoms with Crippen LogP contribution in [0.5, 0.6) is 0 Å². The van der Waals surface area contributed by atoms with Crippen LogP contribution in [0.4, 0.5) is 0 Å². The minimum absolute atomic E-state index is 0.0917. The first-order chi connectivity index (χ1) is 12.6. The van der Waals surface area contributed by atoms with Gasteiger partial charge in [0.2, 0.25) is 5.91 Å². The predicted octanol–water partition coefficient (Wildman–Crippen LogP) is 4.56. The zero-order valence-electron chi connectivity index (χ0n) is 14.8. The second-order valence-corrected chi connectivity index (χ2v) is 7.65. The molecule has 1 N–H and O–H groups in total. The van der Waals surface area contributed by atoms with Crippen molar-refractivity contribution < 1.29 is 4.79 Å². The number of hydrogen-bond acceptors (Lipinski definition) is 2. The van der Waals surface area contributed by atoms with Crippen LogP contribution in [0.2, 0.25) is 10.0 Å². The number of rotatable bonds is 6. The number of likely N-dealkylation sites (tertiary alicyclic amines) is 1. The minimum atomic E-state index is 0.0917. The zero-order valence-corrected chi connectivity index (χ0v) is 16.3. The van der Waals surface area contributed by atoms with E-state index in [0.717, 1.165) is 44.5 Å². The third-order valence-electron chi connectivity index (χ3n) is 4.99. The topological polar surface area (TPSA) is 32.3 Å². The summed E-state index contributed by atoms with van der Waals surface area (Å²) in [4.78, 5) is 14.9. The summed E-state index contributed by atoms with van der Waals surface area (Å²) in [5.74, 6) is 0.216. The average molecular weight is 391 g/mol. The van der Waals surface area contributed by atoms with Gasteiger partial charge in [-0.05, 0) is 55.6 Å². The molecular formula is C21H24Cl2N2O. The smallest absolute Gasteiger partial charge is 0.223 e. The Morgan fingerprint density at radius 2 is 1.81 bits per heavy atom. The number of nitrogens with zero attached hydrogens (tertiary/aromatic N) is 1. The van der Waals surface area contributed by atoms with Crippen molar-refractivity contribution in [3.63, 3.8) is 0 Å². The fraction of sp³-hybridized carbons (Fsp3) is 0.381. The quantitative estimate of drug-likeness (QED) is 0.783. The van der Waals surface area contributed by atoms with Gasteiger partial charge in [0, 0.05) is 29.1 Å². The van der Waals surface area contributed by atoms with Crippen LogP contribution in [0.3, 0.4) is 0 Å². The van der Waals surface area contributed by atoms with Gasteiger partial charge in [-0.15, -0.1) is 0 Å². The van der Waals surface area contributed by atoms with Crippen molar-refractivity contribution in [3.05, 3.63) is 69.7 Å². The number of benzene rings is 2. The molecule has 1 heterocycles. The fourth-order valence-electron chi connectivity index (χ4n) is 3.34. The molecule has 2 aromatic rings. The van der Waals surface area contributed by atoms with Gasteiger partial charge in [0.05, 0.1) is 0 Å². The lowest BCUT2D eigenvalue weighted by Gasteiger charge is -2.31. The number of halogens is 2. The summed E-state index contributed by atoms with van der Waals surface area (Å²) < 4.78 is 0. The van der Waals surface area contributed by atoms with Gasteiger partial charge in [0.15, 0.2) is 0 Å². The highest BCUT2D eigenvalue weighted by Gasteiger charge is 2.24. The van der Waals surface area contributed by atoms with Crippen LogP contribution in [0.1, 0.15) is 24.0 Å². The average Bonchev–Trinajstić information content (AvgIpc) is 2.67. The molecule has 1 fully saturated rings. The molecule has 1 aliphatic rings. The van der Waals surface area contributed by atoms with Crippen LogP contribution in [0.15, 0.2) is 48.5 Å². The minimum Gasteiger partial charge on any atom is -0.352 e. The van der Waals surface area contributed by atoms with Crippen LogP contribution in [-0.2, 0) is 17.8 Å². The Morgan fingerprint density at radius 1 is 1.08 bits per heavy atom. The van der Waals surface area contributed by atoms with E-state index in [4.69, 9.17) is 23.2 Å². The molecule has 0 saturated carbocycles. The van der Waals surface area contributed by atoms with Crippen molar-refractivity contribution >= 4 is 29.1 Å². The maximum Gasteiger partial charge on any atom is 0.223 e. The lowest BCUT2D eigenvalue weighted by molar-refractivity contribution is -0.126. The van der Waals surface area contributed by atoms with E-state index < -0.39 is 0 Å². The Morgan fingerprint density at radius 3 is 2.50 bits per heavy atom. The molecule has 0 aliphatic carbocycles. The van der Waals surface area contributed by atoms with Crippen LogP contribution in [0.25, 0.3) is 0 Å². The monoisotopic (exact) mass is 390 g/mol. The third-order valence-corrected chi connectivity index (χ3v) is 5.57. The van der Waals surface area contributed by atoms with E-state index in [1.165, 1.54) is 5.56 Å². The third kappa shape index (κ3) is 5.47. The first-order valence-corrected chi connectivity index (χ1v) is 9.85. The first-order valence-electron chi connectivity index (χ1n) is 9.10. The highest BCUT2D eigenvalue weighted by molar-refractivity contribution is 6.35. The van der Waals surface area contributed by atoms with Gasteiger partial charge in [-0.25, -0.2) is 0 Å². The van der Waals surface area contributed by atoms with Crippen molar-refractivity contribution in [3.8, 4) is 0 Å². The van der Waals surface area contributed by atoms with Crippen molar-refractivity contribution in [1.29, 1.82) is 0 Å². The molecule has 0 radical (unpaired) electrons. The second kappa shape index (κ2) is 9.40. The van der Waals surface area contributed by atoms with Gasteiger partial charge in [0.25, 0.3) is 0 Å². The number of nitrogens with one attached hydrogen (secondary N) is 1. The van der Waals surface area contributed by atoms with E-state index in [1.54, 1.807) is 12.1 Å².